The van der Waals surface area contributed by atoms with Crippen LogP contribution in [0.4, 0.5) is 15.9 Å². The maximum absolute atomic E-state index is 13.8. The van der Waals surface area contributed by atoms with Crippen LogP contribution < -0.4 is 11.1 Å². The molecule has 0 spiro atoms. The number of hydrogen-bond acceptors (Lipinski definition) is 5. The van der Waals surface area contributed by atoms with Crippen LogP contribution in [0.25, 0.3) is 28.2 Å². The quantitative estimate of drug-likeness (QED) is 0.424. The fraction of sp³-hybridized carbons (Fsp3) is 0.0400. The summed E-state index contributed by atoms with van der Waals surface area (Å²) in [7, 11) is 0. The summed E-state index contributed by atoms with van der Waals surface area (Å²) in [5.74, 6) is 0.229. The van der Waals surface area contributed by atoms with Crippen molar-refractivity contribution in [3.63, 3.8) is 0 Å². The van der Waals surface area contributed by atoms with Crippen LogP contribution in [0.3, 0.4) is 0 Å². The lowest BCUT2D eigenvalue weighted by atomic mass is 10.1. The molecule has 0 radical (unpaired) electrons. The third-order valence-corrected chi connectivity index (χ3v) is 5.16. The van der Waals surface area contributed by atoms with Gasteiger partial charge in [0.1, 0.15) is 17.2 Å². The van der Waals surface area contributed by atoms with Gasteiger partial charge in [-0.25, -0.2) is 19.3 Å². The van der Waals surface area contributed by atoms with Crippen molar-refractivity contribution >= 4 is 28.6 Å². The normalized spacial score (nSPS) is 10.9. The molecule has 0 aliphatic heterocycles. The van der Waals surface area contributed by atoms with E-state index in [4.69, 9.17) is 5.73 Å². The number of carbonyl (C=O) groups is 1. The molecule has 7 nitrogen and oxygen atoms in total. The fourth-order valence-corrected chi connectivity index (χ4v) is 3.65. The number of nitrogens with one attached hydrogen (secondary N) is 1. The molecular formula is C25H19FN6O. The molecule has 3 N–H and O–H groups in total. The fourth-order valence-electron chi connectivity index (χ4n) is 3.65. The van der Waals surface area contributed by atoms with Crippen molar-refractivity contribution in [3.05, 3.63) is 96.6 Å². The molecule has 2 aromatic carbocycles. The molecule has 3 heterocycles. The highest BCUT2D eigenvalue weighted by atomic mass is 19.1. The molecular weight excluding hydrogens is 419 g/mol. The highest BCUT2D eigenvalue weighted by molar-refractivity contribution is 5.92. The van der Waals surface area contributed by atoms with Crippen LogP contribution in [-0.2, 0) is 11.2 Å². The summed E-state index contributed by atoms with van der Waals surface area (Å²) in [5.41, 5.74) is 9.94. The molecule has 3 aromatic heterocycles. The highest BCUT2D eigenvalue weighted by Gasteiger charge is 2.18. The minimum Gasteiger partial charge on any atom is -0.383 e. The van der Waals surface area contributed by atoms with Gasteiger partial charge in [-0.15, -0.1) is 0 Å². The summed E-state index contributed by atoms with van der Waals surface area (Å²) in [6.45, 7) is 0. The van der Waals surface area contributed by atoms with E-state index in [1.165, 1.54) is 6.07 Å². The SMILES string of the molecule is Nc1ncccc1-c1nc2cc(F)cnc2n1-c1ccc(CC(=O)Nc2ccccc2)cc1. The smallest absolute Gasteiger partial charge is 0.228 e. The number of anilines is 2. The predicted octanol–water partition coefficient (Wildman–Crippen LogP) is 4.39. The first kappa shape index (κ1) is 20.3. The van der Waals surface area contributed by atoms with Gasteiger partial charge in [0.05, 0.1) is 18.2 Å². The number of pyridine rings is 2. The Labute approximate surface area is 188 Å². The molecule has 0 fully saturated rings. The number of aromatic nitrogens is 4. The van der Waals surface area contributed by atoms with Crippen LogP contribution in [-0.4, -0.2) is 25.4 Å². The second-order valence-corrected chi connectivity index (χ2v) is 7.46. The van der Waals surface area contributed by atoms with Gasteiger partial charge in [-0.05, 0) is 42.0 Å². The van der Waals surface area contributed by atoms with Gasteiger partial charge in [0, 0.05) is 23.6 Å². The van der Waals surface area contributed by atoms with E-state index in [0.29, 0.717) is 28.4 Å². The lowest BCUT2D eigenvalue weighted by molar-refractivity contribution is -0.115. The average molecular weight is 438 g/mol. The average Bonchev–Trinajstić information content (AvgIpc) is 3.18. The first-order valence-electron chi connectivity index (χ1n) is 10.3. The van der Waals surface area contributed by atoms with E-state index in [-0.39, 0.29) is 12.3 Å². The molecule has 0 atom stereocenters. The number of rotatable bonds is 5. The number of amides is 1. The number of halogens is 1. The van der Waals surface area contributed by atoms with Crippen LogP contribution >= 0.6 is 0 Å². The summed E-state index contributed by atoms with van der Waals surface area (Å²) in [5, 5.41) is 2.88. The number of nitrogens with two attached hydrogens (primary N) is 1. The van der Waals surface area contributed by atoms with Gasteiger partial charge in [0.15, 0.2) is 11.5 Å². The topological polar surface area (TPSA) is 98.7 Å². The summed E-state index contributed by atoms with van der Waals surface area (Å²) in [6.07, 6.45) is 2.98. The Balaban J connectivity index is 1.49. The minimum atomic E-state index is -0.474. The molecule has 162 valence electrons. The van der Waals surface area contributed by atoms with Gasteiger partial charge in [-0.1, -0.05) is 30.3 Å². The van der Waals surface area contributed by atoms with Gasteiger partial charge in [-0.3, -0.25) is 9.36 Å². The summed E-state index contributed by atoms with van der Waals surface area (Å²) in [4.78, 5) is 25.4. The van der Waals surface area contributed by atoms with E-state index in [1.807, 2.05) is 54.6 Å². The second kappa shape index (κ2) is 8.51. The van der Waals surface area contributed by atoms with Gasteiger partial charge < -0.3 is 11.1 Å². The van der Waals surface area contributed by atoms with Crippen molar-refractivity contribution in [3.8, 4) is 17.1 Å². The summed E-state index contributed by atoms with van der Waals surface area (Å²) in [6, 6.07) is 21.7. The molecule has 1 amide bonds. The largest absolute Gasteiger partial charge is 0.383 e. The van der Waals surface area contributed by atoms with Gasteiger partial charge in [0.2, 0.25) is 5.91 Å². The maximum Gasteiger partial charge on any atom is 0.228 e. The van der Waals surface area contributed by atoms with Crippen LogP contribution in [0, 0.1) is 5.82 Å². The molecule has 5 rings (SSSR count). The predicted molar refractivity (Wildman–Crippen MR) is 125 cm³/mol. The van der Waals surface area contributed by atoms with Crippen LogP contribution in [0.2, 0.25) is 0 Å². The van der Waals surface area contributed by atoms with E-state index in [9.17, 15) is 9.18 Å². The first-order valence-corrected chi connectivity index (χ1v) is 10.3. The Kier molecular flexibility index (Phi) is 5.24. The second-order valence-electron chi connectivity index (χ2n) is 7.46. The highest BCUT2D eigenvalue weighted by Crippen LogP contribution is 2.30. The Morgan fingerprint density at radius 1 is 1.00 bits per heavy atom. The third-order valence-electron chi connectivity index (χ3n) is 5.16. The third kappa shape index (κ3) is 4.14. The Bertz CT molecular complexity index is 1450. The number of benzene rings is 2. The van der Waals surface area contributed by atoms with Crippen molar-refractivity contribution in [1.29, 1.82) is 0 Å². The van der Waals surface area contributed by atoms with Crippen LogP contribution in [0.5, 0.6) is 0 Å². The van der Waals surface area contributed by atoms with Crippen molar-refractivity contribution in [1.82, 2.24) is 19.5 Å². The summed E-state index contributed by atoms with van der Waals surface area (Å²) >= 11 is 0. The van der Waals surface area contributed by atoms with Crippen molar-refractivity contribution in [2.24, 2.45) is 0 Å². The Hall–Kier alpha value is -4.59. The van der Waals surface area contributed by atoms with Gasteiger partial charge >= 0.3 is 0 Å². The number of nitrogen functional groups attached to an aromatic ring is 1. The molecule has 0 bridgehead atoms. The molecule has 33 heavy (non-hydrogen) atoms. The van der Waals surface area contributed by atoms with Crippen LogP contribution in [0.15, 0.2) is 85.2 Å². The van der Waals surface area contributed by atoms with E-state index in [2.05, 4.69) is 20.3 Å². The monoisotopic (exact) mass is 438 g/mol. The van der Waals surface area contributed by atoms with E-state index >= 15 is 0 Å². The van der Waals surface area contributed by atoms with Gasteiger partial charge in [-0.2, -0.15) is 0 Å². The van der Waals surface area contributed by atoms with E-state index < -0.39 is 5.82 Å². The standard InChI is InChI=1S/C25H19FN6O/c26-17-14-21-25(29-15-17)32(24(31-21)20-7-4-12-28-23(20)27)19-10-8-16(9-11-19)13-22(33)30-18-5-2-1-3-6-18/h1-12,14-15H,13H2,(H2,27,28)(H,30,33). The minimum absolute atomic E-state index is 0.108. The molecule has 0 aliphatic carbocycles. The van der Waals surface area contributed by atoms with E-state index in [1.54, 1.807) is 22.9 Å². The number of hydrogen-bond donors (Lipinski definition) is 2. The van der Waals surface area contributed by atoms with Gasteiger partial charge in [0.25, 0.3) is 0 Å². The molecule has 8 heteroatoms. The van der Waals surface area contributed by atoms with Crippen molar-refractivity contribution < 1.29 is 9.18 Å². The number of para-hydroxylation sites is 1. The first-order chi connectivity index (χ1) is 16.1. The number of carbonyl (C=O) groups excluding carboxylic acids is 1. The molecule has 0 aliphatic rings. The zero-order valence-corrected chi connectivity index (χ0v) is 17.4. The zero-order chi connectivity index (χ0) is 22.8. The Morgan fingerprint density at radius 2 is 1.79 bits per heavy atom. The Morgan fingerprint density at radius 3 is 2.55 bits per heavy atom. The number of fused-ring (bicyclic) bond motifs is 1. The lowest BCUT2D eigenvalue weighted by Gasteiger charge is -2.11. The number of imidazole rings is 1. The molecule has 5 aromatic rings. The van der Waals surface area contributed by atoms with Crippen molar-refractivity contribution in [2.45, 2.75) is 6.42 Å². The molecule has 0 saturated carbocycles. The lowest BCUT2D eigenvalue weighted by Crippen LogP contribution is -2.14. The molecule has 0 saturated heterocycles. The number of nitrogens with zero attached hydrogens (tertiary/aromatic N) is 4. The van der Waals surface area contributed by atoms with Crippen molar-refractivity contribution in [2.75, 3.05) is 11.1 Å². The maximum atomic E-state index is 13.8. The van der Waals surface area contributed by atoms with Crippen LogP contribution in [0.1, 0.15) is 5.56 Å². The van der Waals surface area contributed by atoms with E-state index in [0.717, 1.165) is 23.1 Å². The summed E-state index contributed by atoms with van der Waals surface area (Å²) < 4.78 is 15.6. The zero-order valence-electron chi connectivity index (χ0n) is 17.4. The molecule has 0 unspecified atom stereocenters.